The van der Waals surface area contributed by atoms with Crippen molar-refractivity contribution in [3.05, 3.63) is 83.9 Å². The number of rotatable bonds is 5. The molecule has 0 unspecified atom stereocenters. The summed E-state index contributed by atoms with van der Waals surface area (Å²) in [4.78, 5) is 0.266. The van der Waals surface area contributed by atoms with Gasteiger partial charge in [-0.05, 0) is 66.3 Å². The number of sulfonamides is 1. The highest BCUT2D eigenvalue weighted by Crippen LogP contribution is 2.47. The monoisotopic (exact) mass is 378 g/mol. The summed E-state index contributed by atoms with van der Waals surface area (Å²) in [6, 6.07) is 22.4. The predicted octanol–water partition coefficient (Wildman–Crippen LogP) is 4.21. The summed E-state index contributed by atoms with van der Waals surface area (Å²) in [5, 5.41) is 0. The SMILES string of the molecule is Cc1ccccc1C1(NS(=O)(=O)c2cccc(-c3cccc(N)c3)c2)CC1. The van der Waals surface area contributed by atoms with E-state index in [1.807, 2.05) is 61.5 Å². The molecule has 27 heavy (non-hydrogen) atoms. The molecule has 1 aliphatic carbocycles. The van der Waals surface area contributed by atoms with E-state index in [9.17, 15) is 8.42 Å². The van der Waals surface area contributed by atoms with E-state index < -0.39 is 15.6 Å². The molecule has 0 spiro atoms. The summed E-state index contributed by atoms with van der Waals surface area (Å²) in [5.41, 5.74) is 9.90. The van der Waals surface area contributed by atoms with Gasteiger partial charge in [-0.25, -0.2) is 13.1 Å². The Morgan fingerprint density at radius 2 is 1.56 bits per heavy atom. The number of hydrogen-bond donors (Lipinski definition) is 2. The minimum Gasteiger partial charge on any atom is -0.399 e. The van der Waals surface area contributed by atoms with E-state index in [1.165, 1.54) is 0 Å². The van der Waals surface area contributed by atoms with Crippen LogP contribution in [0.25, 0.3) is 11.1 Å². The zero-order valence-corrected chi connectivity index (χ0v) is 16.0. The summed E-state index contributed by atoms with van der Waals surface area (Å²) in [5.74, 6) is 0. The van der Waals surface area contributed by atoms with Gasteiger partial charge in [0.15, 0.2) is 0 Å². The molecule has 0 heterocycles. The third-order valence-electron chi connectivity index (χ3n) is 5.10. The van der Waals surface area contributed by atoms with Crippen molar-refractivity contribution in [1.29, 1.82) is 0 Å². The lowest BCUT2D eigenvalue weighted by Crippen LogP contribution is -2.35. The molecule has 0 aromatic heterocycles. The average molecular weight is 378 g/mol. The Morgan fingerprint density at radius 3 is 2.22 bits per heavy atom. The van der Waals surface area contributed by atoms with E-state index in [0.29, 0.717) is 5.69 Å². The molecular formula is C22H22N2O2S. The van der Waals surface area contributed by atoms with Crippen LogP contribution >= 0.6 is 0 Å². The lowest BCUT2D eigenvalue weighted by Gasteiger charge is -2.20. The highest BCUT2D eigenvalue weighted by atomic mass is 32.2. The lowest BCUT2D eigenvalue weighted by molar-refractivity contribution is 0.551. The molecule has 3 N–H and O–H groups in total. The standard InChI is InChI=1S/C22H22N2O2S/c1-16-6-2-3-11-21(16)22(12-13-22)24-27(25,26)20-10-5-8-18(15-20)17-7-4-9-19(23)14-17/h2-11,14-15,24H,12-13,23H2,1H3. The van der Waals surface area contributed by atoms with Crippen molar-refractivity contribution >= 4 is 15.7 Å². The Balaban J connectivity index is 1.67. The molecule has 0 atom stereocenters. The van der Waals surface area contributed by atoms with Crippen LogP contribution in [0.3, 0.4) is 0 Å². The van der Waals surface area contributed by atoms with Crippen LogP contribution in [-0.2, 0) is 15.6 Å². The van der Waals surface area contributed by atoms with Gasteiger partial charge >= 0.3 is 0 Å². The van der Waals surface area contributed by atoms with Crippen molar-refractivity contribution in [3.8, 4) is 11.1 Å². The number of nitrogens with one attached hydrogen (secondary N) is 1. The van der Waals surface area contributed by atoms with Crippen molar-refractivity contribution < 1.29 is 8.42 Å². The first kappa shape index (κ1) is 17.8. The van der Waals surface area contributed by atoms with Crippen LogP contribution in [0.15, 0.2) is 77.7 Å². The molecular weight excluding hydrogens is 356 g/mol. The number of benzene rings is 3. The Bertz CT molecular complexity index is 1100. The molecule has 3 aromatic rings. The fourth-order valence-electron chi connectivity index (χ4n) is 3.54. The van der Waals surface area contributed by atoms with Crippen LogP contribution in [-0.4, -0.2) is 8.42 Å². The second-order valence-electron chi connectivity index (χ2n) is 7.16. The fourth-order valence-corrected chi connectivity index (χ4v) is 5.02. The van der Waals surface area contributed by atoms with Crippen LogP contribution in [0.1, 0.15) is 24.0 Å². The number of aryl methyl sites for hydroxylation is 1. The molecule has 0 aliphatic heterocycles. The van der Waals surface area contributed by atoms with Crippen molar-refractivity contribution in [2.75, 3.05) is 5.73 Å². The average Bonchev–Trinajstić information content (AvgIpc) is 3.42. The number of anilines is 1. The van der Waals surface area contributed by atoms with E-state index in [2.05, 4.69) is 4.72 Å². The highest BCUT2D eigenvalue weighted by molar-refractivity contribution is 7.89. The maximum Gasteiger partial charge on any atom is 0.241 e. The van der Waals surface area contributed by atoms with Gasteiger partial charge in [0.2, 0.25) is 10.0 Å². The summed E-state index contributed by atoms with van der Waals surface area (Å²) in [6.07, 6.45) is 1.62. The Hall–Kier alpha value is -2.63. The first-order chi connectivity index (χ1) is 12.9. The molecule has 4 rings (SSSR count). The van der Waals surface area contributed by atoms with Crippen LogP contribution in [0.2, 0.25) is 0 Å². The van der Waals surface area contributed by atoms with Gasteiger partial charge < -0.3 is 5.73 Å². The van der Waals surface area contributed by atoms with Crippen molar-refractivity contribution in [2.24, 2.45) is 0 Å². The van der Waals surface area contributed by atoms with Crippen LogP contribution in [0.5, 0.6) is 0 Å². The normalized spacial score (nSPS) is 15.4. The highest BCUT2D eigenvalue weighted by Gasteiger charge is 2.48. The van der Waals surface area contributed by atoms with Crippen molar-refractivity contribution in [3.63, 3.8) is 0 Å². The number of hydrogen-bond acceptors (Lipinski definition) is 3. The quantitative estimate of drug-likeness (QED) is 0.653. The van der Waals surface area contributed by atoms with E-state index >= 15 is 0 Å². The van der Waals surface area contributed by atoms with Crippen LogP contribution in [0.4, 0.5) is 5.69 Å². The molecule has 4 nitrogen and oxygen atoms in total. The smallest absolute Gasteiger partial charge is 0.241 e. The largest absolute Gasteiger partial charge is 0.399 e. The number of nitrogen functional groups attached to an aromatic ring is 1. The van der Waals surface area contributed by atoms with E-state index in [0.717, 1.165) is 35.1 Å². The van der Waals surface area contributed by atoms with Gasteiger partial charge in [-0.1, -0.05) is 48.5 Å². The molecule has 0 amide bonds. The topological polar surface area (TPSA) is 72.2 Å². The van der Waals surface area contributed by atoms with Crippen LogP contribution < -0.4 is 10.5 Å². The molecule has 138 valence electrons. The molecule has 5 heteroatoms. The molecule has 0 bridgehead atoms. The summed E-state index contributed by atoms with van der Waals surface area (Å²) in [7, 11) is -3.64. The summed E-state index contributed by atoms with van der Waals surface area (Å²) < 4.78 is 29.1. The molecule has 0 saturated heterocycles. The Morgan fingerprint density at radius 1 is 0.889 bits per heavy atom. The van der Waals surface area contributed by atoms with Gasteiger partial charge in [-0.2, -0.15) is 0 Å². The van der Waals surface area contributed by atoms with Gasteiger partial charge in [-0.15, -0.1) is 0 Å². The number of nitrogens with two attached hydrogens (primary N) is 1. The van der Waals surface area contributed by atoms with Gasteiger partial charge in [0.05, 0.1) is 10.4 Å². The fraction of sp³-hybridized carbons (Fsp3) is 0.182. The first-order valence-corrected chi connectivity index (χ1v) is 10.4. The minimum absolute atomic E-state index is 0.266. The van der Waals surface area contributed by atoms with Gasteiger partial charge in [0.25, 0.3) is 0 Å². The second-order valence-corrected chi connectivity index (χ2v) is 8.84. The molecule has 0 radical (unpaired) electrons. The predicted molar refractivity (Wildman–Crippen MR) is 109 cm³/mol. The van der Waals surface area contributed by atoms with Gasteiger partial charge in [-0.3, -0.25) is 0 Å². The Kier molecular flexibility index (Phi) is 4.29. The molecule has 1 saturated carbocycles. The van der Waals surface area contributed by atoms with Crippen molar-refractivity contribution in [1.82, 2.24) is 4.72 Å². The van der Waals surface area contributed by atoms with E-state index in [4.69, 9.17) is 5.73 Å². The zero-order valence-electron chi connectivity index (χ0n) is 15.1. The Labute approximate surface area is 160 Å². The molecule has 3 aromatic carbocycles. The summed E-state index contributed by atoms with van der Waals surface area (Å²) in [6.45, 7) is 2.02. The first-order valence-electron chi connectivity index (χ1n) is 8.96. The second kappa shape index (κ2) is 6.51. The van der Waals surface area contributed by atoms with Gasteiger partial charge in [0, 0.05) is 5.69 Å². The lowest BCUT2D eigenvalue weighted by atomic mass is 10.0. The minimum atomic E-state index is -3.64. The third kappa shape index (κ3) is 3.48. The van der Waals surface area contributed by atoms with Crippen LogP contribution in [0, 0.1) is 6.92 Å². The zero-order chi connectivity index (χ0) is 19.1. The van der Waals surface area contributed by atoms with Crippen molar-refractivity contribution in [2.45, 2.75) is 30.2 Å². The van der Waals surface area contributed by atoms with Gasteiger partial charge in [0.1, 0.15) is 0 Å². The maximum absolute atomic E-state index is 13.1. The van der Waals surface area contributed by atoms with E-state index in [1.54, 1.807) is 18.2 Å². The van der Waals surface area contributed by atoms with E-state index in [-0.39, 0.29) is 4.90 Å². The maximum atomic E-state index is 13.1. The molecule has 1 aliphatic rings. The summed E-state index contributed by atoms with van der Waals surface area (Å²) >= 11 is 0. The third-order valence-corrected chi connectivity index (χ3v) is 6.64. The molecule has 1 fully saturated rings.